The van der Waals surface area contributed by atoms with E-state index in [0.717, 1.165) is 16.5 Å². The standard InChI is InChI=1S/C16H10N2O/c17-10-11-4-3-6-12(8-11)14-9-13-5-1-2-7-15(13)18-16(14)19/h1-9H,(H,18,19). The molecule has 0 saturated carbocycles. The zero-order valence-corrected chi connectivity index (χ0v) is 10.1. The van der Waals surface area contributed by atoms with Crippen molar-refractivity contribution in [2.24, 2.45) is 0 Å². The van der Waals surface area contributed by atoms with Gasteiger partial charge in [-0.25, -0.2) is 0 Å². The van der Waals surface area contributed by atoms with Crippen molar-refractivity contribution in [2.75, 3.05) is 0 Å². The molecule has 2 aromatic carbocycles. The van der Waals surface area contributed by atoms with Crippen LogP contribution in [-0.2, 0) is 0 Å². The average Bonchev–Trinajstić information content (AvgIpc) is 2.46. The Labute approximate surface area is 109 Å². The summed E-state index contributed by atoms with van der Waals surface area (Å²) in [6, 6.07) is 18.6. The molecule has 1 aromatic heterocycles. The monoisotopic (exact) mass is 246 g/mol. The van der Waals surface area contributed by atoms with Gasteiger partial charge in [0, 0.05) is 11.1 Å². The Morgan fingerprint density at radius 1 is 1.00 bits per heavy atom. The van der Waals surface area contributed by atoms with Gasteiger partial charge in [0.25, 0.3) is 5.56 Å². The molecule has 0 fully saturated rings. The summed E-state index contributed by atoms with van der Waals surface area (Å²) in [6.45, 7) is 0. The van der Waals surface area contributed by atoms with Gasteiger partial charge in [-0.15, -0.1) is 0 Å². The van der Waals surface area contributed by atoms with E-state index in [9.17, 15) is 4.79 Å². The van der Waals surface area contributed by atoms with Crippen LogP contribution in [0.5, 0.6) is 0 Å². The molecule has 3 nitrogen and oxygen atoms in total. The highest BCUT2D eigenvalue weighted by molar-refractivity contribution is 5.83. The van der Waals surface area contributed by atoms with E-state index < -0.39 is 0 Å². The van der Waals surface area contributed by atoms with Crippen LogP contribution in [0.1, 0.15) is 5.56 Å². The number of H-pyrrole nitrogens is 1. The Morgan fingerprint density at radius 3 is 2.68 bits per heavy atom. The zero-order chi connectivity index (χ0) is 13.2. The zero-order valence-electron chi connectivity index (χ0n) is 10.1. The lowest BCUT2D eigenvalue weighted by molar-refractivity contribution is 1.30. The fourth-order valence-corrected chi connectivity index (χ4v) is 2.12. The van der Waals surface area contributed by atoms with Crippen molar-refractivity contribution in [2.45, 2.75) is 0 Å². The Bertz CT molecular complexity index is 856. The molecular formula is C16H10N2O. The van der Waals surface area contributed by atoms with Crippen molar-refractivity contribution in [3.05, 3.63) is 70.5 Å². The Kier molecular flexibility index (Phi) is 2.62. The van der Waals surface area contributed by atoms with Crippen molar-refractivity contribution in [1.82, 2.24) is 4.98 Å². The van der Waals surface area contributed by atoms with Crippen molar-refractivity contribution in [3.8, 4) is 17.2 Å². The largest absolute Gasteiger partial charge is 0.321 e. The molecule has 3 heteroatoms. The third-order valence-corrected chi connectivity index (χ3v) is 3.06. The lowest BCUT2D eigenvalue weighted by Gasteiger charge is -2.03. The number of aromatic nitrogens is 1. The summed E-state index contributed by atoms with van der Waals surface area (Å²) in [4.78, 5) is 15.0. The van der Waals surface area contributed by atoms with Crippen LogP contribution in [0.15, 0.2) is 59.4 Å². The molecule has 1 heterocycles. The van der Waals surface area contributed by atoms with E-state index in [4.69, 9.17) is 5.26 Å². The predicted molar refractivity (Wildman–Crippen MR) is 74.7 cm³/mol. The molecule has 0 bridgehead atoms. The highest BCUT2D eigenvalue weighted by Gasteiger charge is 2.05. The third kappa shape index (κ3) is 2.00. The Morgan fingerprint density at radius 2 is 1.84 bits per heavy atom. The first-order valence-electron chi connectivity index (χ1n) is 5.90. The van der Waals surface area contributed by atoms with E-state index in [1.165, 1.54) is 0 Å². The number of hydrogen-bond acceptors (Lipinski definition) is 2. The van der Waals surface area contributed by atoms with Gasteiger partial charge in [0.05, 0.1) is 11.6 Å². The number of para-hydroxylation sites is 1. The van der Waals surface area contributed by atoms with E-state index in [0.29, 0.717) is 11.1 Å². The summed E-state index contributed by atoms with van der Waals surface area (Å²) in [5.74, 6) is 0. The molecule has 0 amide bonds. The molecule has 3 rings (SSSR count). The summed E-state index contributed by atoms with van der Waals surface area (Å²) in [7, 11) is 0. The molecule has 3 aromatic rings. The van der Waals surface area contributed by atoms with Crippen molar-refractivity contribution >= 4 is 10.9 Å². The summed E-state index contributed by atoms with van der Waals surface area (Å²) in [5.41, 5.74) is 2.55. The van der Waals surface area contributed by atoms with Crippen LogP contribution >= 0.6 is 0 Å². The molecule has 90 valence electrons. The van der Waals surface area contributed by atoms with E-state index in [2.05, 4.69) is 11.1 Å². The first-order chi connectivity index (χ1) is 9.28. The number of hydrogen-bond donors (Lipinski definition) is 1. The van der Waals surface area contributed by atoms with Gasteiger partial charge in [0.1, 0.15) is 0 Å². The van der Waals surface area contributed by atoms with Crippen LogP contribution in [0.3, 0.4) is 0 Å². The SMILES string of the molecule is N#Cc1cccc(-c2cc3ccccc3[nH]c2=O)c1. The average molecular weight is 246 g/mol. The van der Waals surface area contributed by atoms with Gasteiger partial charge in [0.2, 0.25) is 0 Å². The van der Waals surface area contributed by atoms with E-state index in [1.807, 2.05) is 36.4 Å². The normalized spacial score (nSPS) is 10.3. The van der Waals surface area contributed by atoms with Crippen LogP contribution in [0.25, 0.3) is 22.0 Å². The number of fused-ring (bicyclic) bond motifs is 1. The van der Waals surface area contributed by atoms with E-state index in [1.54, 1.807) is 18.2 Å². The highest BCUT2D eigenvalue weighted by atomic mass is 16.1. The smallest absolute Gasteiger partial charge is 0.256 e. The van der Waals surface area contributed by atoms with Gasteiger partial charge >= 0.3 is 0 Å². The van der Waals surface area contributed by atoms with Crippen LogP contribution in [-0.4, -0.2) is 4.98 Å². The molecule has 0 radical (unpaired) electrons. The molecular weight excluding hydrogens is 236 g/mol. The van der Waals surface area contributed by atoms with Gasteiger partial charge in [-0.3, -0.25) is 4.79 Å². The second-order valence-corrected chi connectivity index (χ2v) is 4.29. The second kappa shape index (κ2) is 4.43. The molecule has 0 aliphatic carbocycles. The summed E-state index contributed by atoms with van der Waals surface area (Å²) in [6.07, 6.45) is 0. The minimum atomic E-state index is -0.145. The van der Waals surface area contributed by atoms with Gasteiger partial charge in [-0.2, -0.15) is 5.26 Å². The lowest BCUT2D eigenvalue weighted by atomic mass is 10.0. The maximum absolute atomic E-state index is 12.1. The summed E-state index contributed by atoms with van der Waals surface area (Å²) < 4.78 is 0. The van der Waals surface area contributed by atoms with E-state index >= 15 is 0 Å². The number of benzene rings is 2. The first-order valence-corrected chi connectivity index (χ1v) is 5.90. The number of nitriles is 1. The molecule has 0 atom stereocenters. The van der Waals surface area contributed by atoms with Gasteiger partial charge < -0.3 is 4.98 Å². The molecule has 0 aliphatic rings. The molecule has 0 unspecified atom stereocenters. The first kappa shape index (κ1) is 11.2. The molecule has 0 aliphatic heterocycles. The van der Waals surface area contributed by atoms with Crippen LogP contribution in [0, 0.1) is 11.3 Å². The van der Waals surface area contributed by atoms with Gasteiger partial charge in [-0.05, 0) is 35.2 Å². The lowest BCUT2D eigenvalue weighted by Crippen LogP contribution is -2.08. The predicted octanol–water partition coefficient (Wildman–Crippen LogP) is 3.07. The topological polar surface area (TPSA) is 56.6 Å². The maximum Gasteiger partial charge on any atom is 0.256 e. The summed E-state index contributed by atoms with van der Waals surface area (Å²) in [5, 5.41) is 9.89. The second-order valence-electron chi connectivity index (χ2n) is 4.29. The fraction of sp³-hybridized carbons (Fsp3) is 0. The summed E-state index contributed by atoms with van der Waals surface area (Å²) >= 11 is 0. The number of pyridine rings is 1. The number of nitrogens with zero attached hydrogens (tertiary/aromatic N) is 1. The minimum absolute atomic E-state index is 0.145. The Hall–Kier alpha value is -2.86. The number of aromatic amines is 1. The molecule has 0 spiro atoms. The quantitative estimate of drug-likeness (QED) is 0.717. The number of rotatable bonds is 1. The molecule has 1 N–H and O–H groups in total. The minimum Gasteiger partial charge on any atom is -0.321 e. The van der Waals surface area contributed by atoms with E-state index in [-0.39, 0.29) is 5.56 Å². The fourth-order valence-electron chi connectivity index (χ4n) is 2.12. The van der Waals surface area contributed by atoms with Crippen molar-refractivity contribution < 1.29 is 0 Å². The van der Waals surface area contributed by atoms with Gasteiger partial charge in [0.15, 0.2) is 0 Å². The molecule has 0 saturated heterocycles. The van der Waals surface area contributed by atoms with Crippen molar-refractivity contribution in [3.63, 3.8) is 0 Å². The Balaban J connectivity index is 2.27. The number of nitrogens with one attached hydrogen (secondary N) is 1. The molecule has 19 heavy (non-hydrogen) atoms. The van der Waals surface area contributed by atoms with Crippen molar-refractivity contribution in [1.29, 1.82) is 5.26 Å². The van der Waals surface area contributed by atoms with Crippen LogP contribution < -0.4 is 5.56 Å². The van der Waals surface area contributed by atoms with Gasteiger partial charge in [-0.1, -0.05) is 30.3 Å². The highest BCUT2D eigenvalue weighted by Crippen LogP contribution is 2.20. The third-order valence-electron chi connectivity index (χ3n) is 3.06. The maximum atomic E-state index is 12.1. The van der Waals surface area contributed by atoms with Crippen LogP contribution in [0.4, 0.5) is 0 Å². The van der Waals surface area contributed by atoms with Crippen LogP contribution in [0.2, 0.25) is 0 Å².